The van der Waals surface area contributed by atoms with Crippen LogP contribution >= 0.6 is 0 Å². The van der Waals surface area contributed by atoms with E-state index in [-0.39, 0.29) is 18.6 Å². The van der Waals surface area contributed by atoms with Crippen molar-refractivity contribution in [3.8, 4) is 0 Å². The first-order valence-corrected chi connectivity index (χ1v) is 7.65. The second kappa shape index (κ2) is 9.59. The molecule has 0 bridgehead atoms. The number of rotatable bonds is 8. The molecule has 2 N–H and O–H groups in total. The van der Waals surface area contributed by atoms with E-state index in [9.17, 15) is 27.6 Å². The second-order valence-corrected chi connectivity index (χ2v) is 5.22. The van der Waals surface area contributed by atoms with Gasteiger partial charge in [0.15, 0.2) is 0 Å². The third kappa shape index (κ3) is 7.37. The zero-order valence-electron chi connectivity index (χ0n) is 13.9. The molecule has 1 aromatic rings. The van der Waals surface area contributed by atoms with Crippen LogP contribution in [0.4, 0.5) is 13.2 Å². The molecule has 0 aliphatic heterocycles. The Morgan fingerprint density at radius 1 is 1.31 bits per heavy atom. The maximum Gasteiger partial charge on any atom is 0.416 e. The molecule has 0 aromatic heterocycles. The number of aliphatic carboxylic acids is 1. The zero-order chi connectivity index (χ0) is 19.7. The summed E-state index contributed by atoms with van der Waals surface area (Å²) in [5.41, 5.74) is -0.793. The molecule has 0 aliphatic carbocycles. The van der Waals surface area contributed by atoms with Crippen LogP contribution in [-0.2, 0) is 31.7 Å². The van der Waals surface area contributed by atoms with E-state index in [0.29, 0.717) is 0 Å². The standard InChI is InChI=1S/C17H18F3NO5/c1-2-26-15(23)8-4-7-13(16(24)25)21-14(22)10-11-5-3-6-12(9-11)17(18,19)20/h3-6,8-9,13H,2,7,10H2,1H3,(H,21,22)(H,24,25)/b8-4+/t13-/m0/s1. The summed E-state index contributed by atoms with van der Waals surface area (Å²) in [4.78, 5) is 34.2. The van der Waals surface area contributed by atoms with Crippen molar-refractivity contribution >= 4 is 17.8 Å². The van der Waals surface area contributed by atoms with E-state index >= 15 is 0 Å². The zero-order valence-corrected chi connectivity index (χ0v) is 13.9. The molecule has 0 saturated heterocycles. The summed E-state index contributed by atoms with van der Waals surface area (Å²) in [6.07, 6.45) is -2.84. The molecule has 0 radical (unpaired) electrons. The van der Waals surface area contributed by atoms with Gasteiger partial charge in [-0.1, -0.05) is 24.3 Å². The summed E-state index contributed by atoms with van der Waals surface area (Å²) in [7, 11) is 0. The number of hydrogen-bond acceptors (Lipinski definition) is 4. The molecule has 1 aromatic carbocycles. The Labute approximate surface area is 147 Å². The number of esters is 1. The minimum absolute atomic E-state index is 0.100. The predicted octanol–water partition coefficient (Wildman–Crippen LogP) is 2.33. The molecule has 0 aliphatic rings. The monoisotopic (exact) mass is 373 g/mol. The Hall–Kier alpha value is -2.84. The first kappa shape index (κ1) is 21.2. The van der Waals surface area contributed by atoms with E-state index < -0.39 is 42.0 Å². The van der Waals surface area contributed by atoms with Crippen molar-refractivity contribution in [1.82, 2.24) is 5.32 Å². The lowest BCUT2D eigenvalue weighted by Crippen LogP contribution is -2.41. The van der Waals surface area contributed by atoms with Gasteiger partial charge in [-0.15, -0.1) is 0 Å². The highest BCUT2D eigenvalue weighted by molar-refractivity contribution is 5.85. The molecule has 0 heterocycles. The highest BCUT2D eigenvalue weighted by Gasteiger charge is 2.30. The lowest BCUT2D eigenvalue weighted by atomic mass is 10.1. The van der Waals surface area contributed by atoms with Crippen molar-refractivity contribution in [2.24, 2.45) is 0 Å². The van der Waals surface area contributed by atoms with Crippen LogP contribution in [-0.4, -0.2) is 35.6 Å². The summed E-state index contributed by atoms with van der Waals surface area (Å²) in [5.74, 6) is -2.73. The maximum atomic E-state index is 12.7. The molecular formula is C17H18F3NO5. The Bertz CT molecular complexity index is 685. The van der Waals surface area contributed by atoms with Crippen LogP contribution in [0.1, 0.15) is 24.5 Å². The van der Waals surface area contributed by atoms with E-state index in [1.165, 1.54) is 18.2 Å². The molecule has 6 nitrogen and oxygen atoms in total. The van der Waals surface area contributed by atoms with E-state index in [1.807, 2.05) is 0 Å². The molecule has 26 heavy (non-hydrogen) atoms. The van der Waals surface area contributed by atoms with Gasteiger partial charge in [0.05, 0.1) is 18.6 Å². The van der Waals surface area contributed by atoms with Gasteiger partial charge in [0.1, 0.15) is 6.04 Å². The fourth-order valence-electron chi connectivity index (χ4n) is 2.00. The van der Waals surface area contributed by atoms with E-state index in [1.54, 1.807) is 6.92 Å². The van der Waals surface area contributed by atoms with E-state index in [0.717, 1.165) is 18.2 Å². The summed E-state index contributed by atoms with van der Waals surface area (Å²) < 4.78 is 42.6. The van der Waals surface area contributed by atoms with Gasteiger partial charge in [-0.2, -0.15) is 13.2 Å². The SMILES string of the molecule is CCOC(=O)/C=C/C[C@H](NC(=O)Cc1cccc(C(F)(F)F)c1)C(=O)O. The van der Waals surface area contributed by atoms with Gasteiger partial charge < -0.3 is 15.2 Å². The molecule has 142 valence electrons. The number of nitrogens with one attached hydrogen (secondary N) is 1. The normalized spacial score (nSPS) is 12.6. The number of benzene rings is 1. The molecule has 0 saturated carbocycles. The molecule has 0 spiro atoms. The summed E-state index contributed by atoms with van der Waals surface area (Å²) in [5, 5.41) is 11.3. The molecular weight excluding hydrogens is 355 g/mol. The number of alkyl halides is 3. The van der Waals surface area contributed by atoms with Crippen molar-refractivity contribution in [3.63, 3.8) is 0 Å². The minimum Gasteiger partial charge on any atom is -0.480 e. The van der Waals surface area contributed by atoms with Crippen molar-refractivity contribution in [3.05, 3.63) is 47.5 Å². The summed E-state index contributed by atoms with van der Waals surface area (Å²) >= 11 is 0. The fraction of sp³-hybridized carbons (Fsp3) is 0.353. The number of carboxylic acids is 1. The number of amides is 1. The third-order valence-corrected chi connectivity index (χ3v) is 3.16. The second-order valence-electron chi connectivity index (χ2n) is 5.22. The van der Waals surface area contributed by atoms with Gasteiger partial charge in [0.25, 0.3) is 0 Å². The molecule has 9 heteroatoms. The van der Waals surface area contributed by atoms with Gasteiger partial charge in [-0.25, -0.2) is 9.59 Å². The number of carbonyl (C=O) groups is 3. The molecule has 0 unspecified atom stereocenters. The van der Waals surface area contributed by atoms with Crippen molar-refractivity contribution in [2.45, 2.75) is 32.0 Å². The fourth-order valence-corrected chi connectivity index (χ4v) is 2.00. The van der Waals surface area contributed by atoms with Crippen molar-refractivity contribution in [2.75, 3.05) is 6.61 Å². The largest absolute Gasteiger partial charge is 0.480 e. The number of hydrogen-bond donors (Lipinski definition) is 2. The Morgan fingerprint density at radius 3 is 2.58 bits per heavy atom. The average molecular weight is 373 g/mol. The van der Waals surface area contributed by atoms with Gasteiger partial charge in [0, 0.05) is 6.08 Å². The van der Waals surface area contributed by atoms with Gasteiger partial charge in [-0.3, -0.25) is 4.79 Å². The Balaban J connectivity index is 2.68. The van der Waals surface area contributed by atoms with Crippen LogP contribution in [0.3, 0.4) is 0 Å². The quantitative estimate of drug-likeness (QED) is 0.539. The molecule has 1 atom stereocenters. The smallest absolute Gasteiger partial charge is 0.416 e. The van der Waals surface area contributed by atoms with Crippen LogP contribution in [0.2, 0.25) is 0 Å². The first-order valence-electron chi connectivity index (χ1n) is 7.65. The van der Waals surface area contributed by atoms with Crippen LogP contribution in [0.25, 0.3) is 0 Å². The van der Waals surface area contributed by atoms with E-state index in [4.69, 9.17) is 5.11 Å². The summed E-state index contributed by atoms with van der Waals surface area (Å²) in [6.45, 7) is 1.78. The number of ether oxygens (including phenoxy) is 1. The maximum absolute atomic E-state index is 12.7. The molecule has 1 amide bonds. The summed E-state index contributed by atoms with van der Waals surface area (Å²) in [6, 6.07) is 2.89. The van der Waals surface area contributed by atoms with Crippen LogP contribution in [0.5, 0.6) is 0 Å². The van der Waals surface area contributed by atoms with Crippen LogP contribution < -0.4 is 5.32 Å². The first-order chi connectivity index (χ1) is 12.1. The third-order valence-electron chi connectivity index (χ3n) is 3.16. The lowest BCUT2D eigenvalue weighted by Gasteiger charge is -2.13. The van der Waals surface area contributed by atoms with E-state index in [2.05, 4.69) is 10.1 Å². The molecule has 1 rings (SSSR count). The van der Waals surface area contributed by atoms with Gasteiger partial charge in [-0.05, 0) is 25.0 Å². The minimum atomic E-state index is -4.53. The average Bonchev–Trinajstić information content (AvgIpc) is 2.53. The predicted molar refractivity (Wildman–Crippen MR) is 85.1 cm³/mol. The lowest BCUT2D eigenvalue weighted by molar-refractivity contribution is -0.141. The van der Waals surface area contributed by atoms with Crippen LogP contribution in [0, 0.1) is 0 Å². The van der Waals surface area contributed by atoms with Crippen molar-refractivity contribution < 1.29 is 37.4 Å². The van der Waals surface area contributed by atoms with Gasteiger partial charge >= 0.3 is 18.1 Å². The Morgan fingerprint density at radius 2 is 2.00 bits per heavy atom. The number of halogens is 3. The Kier molecular flexibility index (Phi) is 7.82. The van der Waals surface area contributed by atoms with Gasteiger partial charge in [0.2, 0.25) is 5.91 Å². The highest BCUT2D eigenvalue weighted by atomic mass is 19.4. The number of carbonyl (C=O) groups excluding carboxylic acids is 2. The highest BCUT2D eigenvalue weighted by Crippen LogP contribution is 2.29. The van der Waals surface area contributed by atoms with Crippen molar-refractivity contribution in [1.29, 1.82) is 0 Å². The number of carboxylic acid groups (broad SMARTS) is 1. The molecule has 0 fully saturated rings. The topological polar surface area (TPSA) is 92.7 Å². The van der Waals surface area contributed by atoms with Crippen LogP contribution in [0.15, 0.2) is 36.4 Å².